The highest BCUT2D eigenvalue weighted by atomic mass is 35.5. The van der Waals surface area contributed by atoms with E-state index in [1.165, 1.54) is 0 Å². The van der Waals surface area contributed by atoms with Gasteiger partial charge in [0.25, 0.3) is 5.91 Å². The van der Waals surface area contributed by atoms with E-state index in [2.05, 4.69) is 34.3 Å². The Kier molecular flexibility index (Phi) is 5.98. The maximum absolute atomic E-state index is 13.3. The molecule has 1 saturated carbocycles. The monoisotopic (exact) mass is 492 g/mol. The number of rotatable bonds is 6. The van der Waals surface area contributed by atoms with E-state index < -0.39 is 21.7 Å². The van der Waals surface area contributed by atoms with Crippen LogP contribution in [0.2, 0.25) is 5.02 Å². The Morgan fingerprint density at radius 2 is 1.85 bits per heavy atom. The second kappa shape index (κ2) is 8.24. The van der Waals surface area contributed by atoms with Crippen LogP contribution < -0.4 is 10.1 Å². The van der Waals surface area contributed by atoms with Crippen molar-refractivity contribution in [3.63, 3.8) is 0 Å². The second-order valence-electron chi connectivity index (χ2n) is 10.3. The van der Waals surface area contributed by atoms with Crippen molar-refractivity contribution in [3.8, 4) is 5.75 Å². The molecule has 1 unspecified atom stereocenters. The van der Waals surface area contributed by atoms with Gasteiger partial charge < -0.3 is 15.0 Å². The number of benzene rings is 1. The maximum atomic E-state index is 13.3. The molecule has 1 aromatic heterocycles. The average Bonchev–Trinajstić information content (AvgIpc) is 3.19. The molecule has 0 radical (unpaired) electrons. The minimum absolute atomic E-state index is 0.0487. The number of hydrogen-bond donors (Lipinski definition) is 2. The van der Waals surface area contributed by atoms with Crippen molar-refractivity contribution in [1.82, 2.24) is 15.1 Å². The summed E-state index contributed by atoms with van der Waals surface area (Å²) >= 11 is 5.94. The minimum atomic E-state index is -1.07. The summed E-state index contributed by atoms with van der Waals surface area (Å²) in [5.74, 6) is 1.03. The molecule has 2 amide bonds. The number of nitrogens with one attached hydrogen (secondary N) is 2. The number of ether oxygens (including phenoxy) is 1. The van der Waals surface area contributed by atoms with Gasteiger partial charge in [-0.2, -0.15) is 5.10 Å². The first-order valence-corrected chi connectivity index (χ1v) is 14.4. The number of carbonyl (C=O) groups is 2. The molecule has 2 aliphatic rings. The molecule has 0 spiro atoms. The van der Waals surface area contributed by atoms with Crippen molar-refractivity contribution in [1.29, 1.82) is 0 Å². The van der Waals surface area contributed by atoms with Crippen LogP contribution in [-0.2, 0) is 21.7 Å². The summed E-state index contributed by atoms with van der Waals surface area (Å²) in [7, 11) is -1.07. The van der Waals surface area contributed by atoms with Crippen LogP contribution in [0.25, 0.3) is 0 Å². The lowest BCUT2D eigenvalue weighted by Crippen LogP contribution is -2.51. The fourth-order valence-electron chi connectivity index (χ4n) is 4.80. The van der Waals surface area contributed by atoms with E-state index in [4.69, 9.17) is 16.3 Å². The second-order valence-corrected chi connectivity index (χ2v) is 15.2. The molecule has 33 heavy (non-hydrogen) atoms. The molecule has 0 saturated heterocycles. The van der Waals surface area contributed by atoms with Gasteiger partial charge in [-0.05, 0) is 83.1 Å². The number of aromatic nitrogens is 2. The standard InChI is InChI=1S/C24H33ClN4O3S/c1-15(32-17-10-8-16(25)9-11-17)21(30)29-14-18-19(23(29,2)3)27-28-20(18)26-22(31)24(12-7-13-24)33(4,5)6/h8-11,15H,7,12-14H2,1-6H3,(H2,26,27,28,31). The predicted octanol–water partition coefficient (Wildman–Crippen LogP) is 4.66. The molecule has 1 fully saturated rings. The van der Waals surface area contributed by atoms with Crippen LogP contribution in [0.3, 0.4) is 0 Å². The lowest BCUT2D eigenvalue weighted by Gasteiger charge is -2.53. The minimum Gasteiger partial charge on any atom is -0.481 e. The zero-order valence-electron chi connectivity index (χ0n) is 20.1. The molecule has 4 rings (SSSR count). The third-order valence-electron chi connectivity index (χ3n) is 7.19. The van der Waals surface area contributed by atoms with Gasteiger partial charge in [0, 0.05) is 10.6 Å². The fraction of sp³-hybridized carbons (Fsp3) is 0.542. The van der Waals surface area contributed by atoms with Crippen LogP contribution in [0, 0.1) is 0 Å². The van der Waals surface area contributed by atoms with Crippen molar-refractivity contribution < 1.29 is 14.3 Å². The van der Waals surface area contributed by atoms with E-state index >= 15 is 0 Å². The number of halogens is 1. The first kappa shape index (κ1) is 24.0. The van der Waals surface area contributed by atoms with Crippen LogP contribution in [0.5, 0.6) is 5.75 Å². The van der Waals surface area contributed by atoms with Crippen molar-refractivity contribution in [3.05, 3.63) is 40.5 Å². The number of H-pyrrole nitrogens is 1. The molecule has 1 aliphatic heterocycles. The van der Waals surface area contributed by atoms with E-state index in [0.717, 1.165) is 30.5 Å². The summed E-state index contributed by atoms with van der Waals surface area (Å²) < 4.78 is 5.57. The van der Waals surface area contributed by atoms with Crippen molar-refractivity contribution in [2.45, 2.75) is 63.0 Å². The molecule has 0 bridgehead atoms. The van der Waals surface area contributed by atoms with E-state index in [1.807, 2.05) is 13.8 Å². The van der Waals surface area contributed by atoms with Crippen molar-refractivity contribution >= 4 is 39.3 Å². The summed E-state index contributed by atoms with van der Waals surface area (Å²) in [6.07, 6.45) is 8.84. The van der Waals surface area contributed by atoms with E-state index in [9.17, 15) is 9.59 Å². The van der Waals surface area contributed by atoms with Gasteiger partial charge in [0.05, 0.1) is 22.5 Å². The van der Waals surface area contributed by atoms with Gasteiger partial charge in [-0.15, -0.1) is 0 Å². The lowest BCUT2D eigenvalue weighted by molar-refractivity contribution is -0.143. The van der Waals surface area contributed by atoms with Gasteiger partial charge in [0.15, 0.2) is 11.9 Å². The number of amides is 2. The van der Waals surface area contributed by atoms with E-state index in [0.29, 0.717) is 23.1 Å². The molecule has 2 heterocycles. The van der Waals surface area contributed by atoms with E-state index in [1.54, 1.807) is 36.1 Å². The Balaban J connectivity index is 1.51. The van der Waals surface area contributed by atoms with Crippen LogP contribution in [-0.4, -0.2) is 56.5 Å². The van der Waals surface area contributed by atoms with Crippen LogP contribution >= 0.6 is 21.6 Å². The summed E-state index contributed by atoms with van der Waals surface area (Å²) in [6, 6.07) is 6.95. The van der Waals surface area contributed by atoms with Gasteiger partial charge in [-0.1, -0.05) is 11.6 Å². The first-order chi connectivity index (χ1) is 15.4. The average molecular weight is 493 g/mol. The maximum Gasteiger partial charge on any atom is 0.264 e. The molecule has 2 aromatic rings. The predicted molar refractivity (Wildman–Crippen MR) is 134 cm³/mol. The number of nitrogens with zero attached hydrogens (tertiary/aromatic N) is 2. The van der Waals surface area contributed by atoms with E-state index in [-0.39, 0.29) is 16.6 Å². The fourth-order valence-corrected chi connectivity index (χ4v) is 7.04. The Bertz CT molecular complexity index is 1070. The van der Waals surface area contributed by atoms with Crippen LogP contribution in [0.4, 0.5) is 5.82 Å². The Hall–Kier alpha value is -2.19. The molecule has 9 heteroatoms. The SMILES string of the molecule is CC(Oc1ccc(Cl)cc1)C(=O)N1Cc2c(NC(=O)C3(S(C)(C)C)CCC3)n[nH]c2C1(C)C. The van der Waals surface area contributed by atoms with Crippen LogP contribution in [0.1, 0.15) is 51.3 Å². The van der Waals surface area contributed by atoms with Gasteiger partial charge in [0.1, 0.15) is 5.75 Å². The summed E-state index contributed by atoms with van der Waals surface area (Å²) in [6.45, 7) is 6.05. The number of fused-ring (bicyclic) bond motifs is 1. The third-order valence-corrected chi connectivity index (χ3v) is 10.4. The summed E-state index contributed by atoms with van der Waals surface area (Å²) in [5, 5.41) is 11.2. The summed E-state index contributed by atoms with van der Waals surface area (Å²) in [4.78, 5) is 28.4. The number of hydrogen-bond acceptors (Lipinski definition) is 4. The molecular weight excluding hydrogens is 460 g/mol. The Labute approximate surface area is 201 Å². The van der Waals surface area contributed by atoms with Crippen molar-refractivity contribution in [2.24, 2.45) is 0 Å². The topological polar surface area (TPSA) is 87.3 Å². The zero-order chi connectivity index (χ0) is 24.2. The van der Waals surface area contributed by atoms with Gasteiger partial charge >= 0.3 is 0 Å². The highest BCUT2D eigenvalue weighted by molar-refractivity contribution is 8.33. The van der Waals surface area contributed by atoms with Crippen molar-refractivity contribution in [2.75, 3.05) is 24.1 Å². The van der Waals surface area contributed by atoms with Crippen LogP contribution in [0.15, 0.2) is 24.3 Å². The first-order valence-electron chi connectivity index (χ1n) is 11.2. The lowest BCUT2D eigenvalue weighted by atomic mass is 9.83. The summed E-state index contributed by atoms with van der Waals surface area (Å²) in [5.41, 5.74) is 1.10. The molecule has 180 valence electrons. The molecular formula is C24H33ClN4O3S. The normalized spacial score (nSPS) is 19.9. The smallest absolute Gasteiger partial charge is 0.264 e. The van der Waals surface area contributed by atoms with Gasteiger partial charge in [-0.3, -0.25) is 14.7 Å². The van der Waals surface area contributed by atoms with Gasteiger partial charge in [-0.25, -0.2) is 10.0 Å². The highest BCUT2D eigenvalue weighted by Gasteiger charge is 2.51. The molecule has 2 N–H and O–H groups in total. The molecule has 7 nitrogen and oxygen atoms in total. The number of anilines is 1. The quantitative estimate of drug-likeness (QED) is 0.613. The number of aromatic amines is 1. The highest BCUT2D eigenvalue weighted by Crippen LogP contribution is 2.60. The molecule has 1 aromatic carbocycles. The van der Waals surface area contributed by atoms with Gasteiger partial charge in [0.2, 0.25) is 5.91 Å². The Morgan fingerprint density at radius 1 is 1.21 bits per heavy atom. The molecule has 1 atom stereocenters. The Morgan fingerprint density at radius 3 is 2.39 bits per heavy atom. The molecule has 1 aliphatic carbocycles. The zero-order valence-corrected chi connectivity index (χ0v) is 21.7. The number of carbonyl (C=O) groups excluding carboxylic acids is 2. The third kappa shape index (κ3) is 4.01. The largest absolute Gasteiger partial charge is 0.481 e.